The molecule has 1 saturated heterocycles. The molecule has 168 valence electrons. The molecule has 32 heavy (non-hydrogen) atoms. The maximum Gasteiger partial charge on any atom is 0.255 e. The van der Waals surface area contributed by atoms with Crippen molar-refractivity contribution in [1.29, 1.82) is 0 Å². The van der Waals surface area contributed by atoms with Crippen LogP contribution >= 0.6 is 0 Å². The number of carbonyl (C=O) groups excluding carboxylic acids is 1. The first-order valence-corrected chi connectivity index (χ1v) is 12.7. The topological polar surface area (TPSA) is 77.0 Å². The summed E-state index contributed by atoms with van der Waals surface area (Å²) in [7, 11) is 1.40. The number of nitrogens with zero attached hydrogens (tertiary/aromatic N) is 3. The summed E-state index contributed by atoms with van der Waals surface area (Å²) in [5.41, 5.74) is 6.86. The molecule has 5 rings (SSSR count). The van der Waals surface area contributed by atoms with Gasteiger partial charge in [0.1, 0.15) is 12.0 Å². The Morgan fingerprint density at radius 3 is 2.62 bits per heavy atom. The molecule has 1 saturated carbocycles. The van der Waals surface area contributed by atoms with E-state index in [2.05, 4.69) is 32.7 Å². The predicted molar refractivity (Wildman–Crippen MR) is 128 cm³/mol. The van der Waals surface area contributed by atoms with Gasteiger partial charge in [0.15, 0.2) is 0 Å². The lowest BCUT2D eigenvalue weighted by molar-refractivity contribution is 0.102. The molecule has 0 spiro atoms. The second-order valence-corrected chi connectivity index (χ2v) is 10.5. The summed E-state index contributed by atoms with van der Waals surface area (Å²) in [6.45, 7) is 2.46. The van der Waals surface area contributed by atoms with Gasteiger partial charge in [0.2, 0.25) is 0 Å². The lowest BCUT2D eigenvalue weighted by Gasteiger charge is -2.26. The van der Waals surface area contributed by atoms with Crippen molar-refractivity contribution in [3.05, 3.63) is 65.2 Å². The molecule has 8 heteroatoms. The second-order valence-electron chi connectivity index (χ2n) is 8.79. The SMILES string of the molecule is CN1C(C2CC2)=NNC1c1ccc(NC(=O)c2cccc(CN3CCS(=O)CC3)c2)cc1. The van der Waals surface area contributed by atoms with E-state index in [9.17, 15) is 9.00 Å². The van der Waals surface area contributed by atoms with Gasteiger partial charge in [-0.1, -0.05) is 24.3 Å². The molecule has 0 bridgehead atoms. The molecular weight excluding hydrogens is 422 g/mol. The number of hydrazone groups is 1. The fraction of sp³-hybridized carbons (Fsp3) is 0.417. The van der Waals surface area contributed by atoms with E-state index >= 15 is 0 Å². The molecule has 2 aromatic carbocycles. The van der Waals surface area contributed by atoms with Crippen LogP contribution < -0.4 is 10.7 Å². The molecule has 3 aliphatic rings. The Hall–Kier alpha value is -2.71. The summed E-state index contributed by atoms with van der Waals surface area (Å²) in [5, 5.41) is 7.51. The van der Waals surface area contributed by atoms with Crippen molar-refractivity contribution in [1.82, 2.24) is 15.2 Å². The van der Waals surface area contributed by atoms with Gasteiger partial charge in [0.25, 0.3) is 5.91 Å². The van der Waals surface area contributed by atoms with Crippen LogP contribution in [-0.4, -0.2) is 57.4 Å². The molecular formula is C24H29N5O2S. The van der Waals surface area contributed by atoms with Crippen LogP contribution in [0.4, 0.5) is 5.69 Å². The molecule has 2 aliphatic heterocycles. The monoisotopic (exact) mass is 451 g/mol. The van der Waals surface area contributed by atoms with Gasteiger partial charge < -0.3 is 10.2 Å². The van der Waals surface area contributed by atoms with Crippen LogP contribution in [0.3, 0.4) is 0 Å². The highest BCUT2D eigenvalue weighted by atomic mass is 32.2. The van der Waals surface area contributed by atoms with Gasteiger partial charge in [0.05, 0.1) is 0 Å². The molecule has 2 N–H and O–H groups in total. The third-order valence-corrected chi connectivity index (χ3v) is 7.62. The summed E-state index contributed by atoms with van der Waals surface area (Å²) in [6, 6.07) is 15.7. The minimum atomic E-state index is -0.678. The van der Waals surface area contributed by atoms with E-state index < -0.39 is 10.8 Å². The van der Waals surface area contributed by atoms with Gasteiger partial charge in [-0.15, -0.1) is 0 Å². The number of amidine groups is 1. The number of carbonyl (C=O) groups is 1. The van der Waals surface area contributed by atoms with E-state index in [1.165, 1.54) is 12.8 Å². The standard InChI is InChI=1S/C24H29N5O2S/c1-28-22(18-5-6-18)26-27-23(28)19-7-9-21(10-8-19)25-24(30)20-4-2-3-17(15-20)16-29-11-13-32(31)14-12-29/h2-4,7-10,15,18,23,27H,5-6,11-14,16H2,1H3,(H,25,30). The van der Waals surface area contributed by atoms with Gasteiger partial charge in [-0.2, -0.15) is 5.10 Å². The summed E-state index contributed by atoms with van der Waals surface area (Å²) in [5.74, 6) is 3.10. The third-order valence-electron chi connectivity index (χ3n) is 6.34. The van der Waals surface area contributed by atoms with Crippen molar-refractivity contribution >= 4 is 28.2 Å². The number of anilines is 1. The number of nitrogens with one attached hydrogen (secondary N) is 2. The number of rotatable bonds is 6. The van der Waals surface area contributed by atoms with Crippen molar-refractivity contribution in [3.8, 4) is 0 Å². The van der Waals surface area contributed by atoms with Crippen LogP contribution in [0.2, 0.25) is 0 Å². The molecule has 7 nitrogen and oxygen atoms in total. The maximum atomic E-state index is 12.8. The normalized spacial score (nSPS) is 21.8. The first kappa shape index (κ1) is 21.2. The average Bonchev–Trinajstić information content (AvgIpc) is 3.58. The van der Waals surface area contributed by atoms with Crippen molar-refractivity contribution < 1.29 is 9.00 Å². The Kier molecular flexibility index (Phi) is 5.97. The molecule has 1 aliphatic carbocycles. The van der Waals surface area contributed by atoms with Gasteiger partial charge in [0, 0.05) is 66.2 Å². The third kappa shape index (κ3) is 4.71. The minimum absolute atomic E-state index is 0.0410. The average molecular weight is 452 g/mol. The van der Waals surface area contributed by atoms with Crippen molar-refractivity contribution in [3.63, 3.8) is 0 Å². The van der Waals surface area contributed by atoms with E-state index in [0.717, 1.165) is 53.8 Å². The summed E-state index contributed by atoms with van der Waals surface area (Å²) >= 11 is 0. The maximum absolute atomic E-state index is 12.8. The first-order chi connectivity index (χ1) is 15.6. The van der Waals surface area contributed by atoms with E-state index in [1.54, 1.807) is 0 Å². The summed E-state index contributed by atoms with van der Waals surface area (Å²) < 4.78 is 11.6. The Balaban J connectivity index is 1.19. The van der Waals surface area contributed by atoms with Crippen LogP contribution in [0.5, 0.6) is 0 Å². The van der Waals surface area contributed by atoms with Gasteiger partial charge in [-0.3, -0.25) is 19.3 Å². The predicted octanol–water partition coefficient (Wildman–Crippen LogP) is 2.76. The summed E-state index contributed by atoms with van der Waals surface area (Å²) in [6.07, 6.45) is 2.49. The largest absolute Gasteiger partial charge is 0.336 e. The molecule has 1 unspecified atom stereocenters. The molecule has 1 atom stereocenters. The molecule has 2 heterocycles. The van der Waals surface area contributed by atoms with E-state index in [1.807, 2.05) is 48.5 Å². The Morgan fingerprint density at radius 2 is 1.91 bits per heavy atom. The first-order valence-electron chi connectivity index (χ1n) is 11.2. The fourth-order valence-corrected chi connectivity index (χ4v) is 5.43. The molecule has 2 aromatic rings. The fourth-order valence-electron chi connectivity index (χ4n) is 4.30. The Labute approximate surface area is 191 Å². The van der Waals surface area contributed by atoms with Crippen molar-refractivity contribution in [2.45, 2.75) is 25.6 Å². The van der Waals surface area contributed by atoms with E-state index in [4.69, 9.17) is 0 Å². The Morgan fingerprint density at radius 1 is 1.16 bits per heavy atom. The number of amides is 1. The highest BCUT2D eigenvalue weighted by Crippen LogP contribution is 2.36. The number of hydrogen-bond donors (Lipinski definition) is 2. The highest BCUT2D eigenvalue weighted by Gasteiger charge is 2.36. The number of benzene rings is 2. The second kappa shape index (κ2) is 9.03. The van der Waals surface area contributed by atoms with Gasteiger partial charge in [-0.05, 0) is 48.2 Å². The van der Waals surface area contributed by atoms with Crippen molar-refractivity contribution in [2.75, 3.05) is 37.0 Å². The molecule has 2 fully saturated rings. The van der Waals surface area contributed by atoms with Gasteiger partial charge >= 0.3 is 0 Å². The zero-order valence-electron chi connectivity index (χ0n) is 18.3. The van der Waals surface area contributed by atoms with Crippen LogP contribution in [0.15, 0.2) is 53.6 Å². The van der Waals surface area contributed by atoms with Crippen molar-refractivity contribution in [2.24, 2.45) is 11.0 Å². The Bertz CT molecular complexity index is 1040. The van der Waals surface area contributed by atoms with Crippen LogP contribution in [-0.2, 0) is 17.3 Å². The lowest BCUT2D eigenvalue weighted by Crippen LogP contribution is -2.37. The van der Waals surface area contributed by atoms with E-state index in [-0.39, 0.29) is 12.1 Å². The quantitative estimate of drug-likeness (QED) is 0.706. The van der Waals surface area contributed by atoms with Crippen LogP contribution in [0, 0.1) is 5.92 Å². The summed E-state index contributed by atoms with van der Waals surface area (Å²) in [4.78, 5) is 17.3. The molecule has 0 radical (unpaired) electrons. The zero-order valence-corrected chi connectivity index (χ0v) is 19.1. The number of hydrogen-bond acceptors (Lipinski definition) is 6. The highest BCUT2D eigenvalue weighted by molar-refractivity contribution is 7.85. The van der Waals surface area contributed by atoms with Crippen LogP contribution in [0.1, 0.15) is 40.5 Å². The van der Waals surface area contributed by atoms with Gasteiger partial charge in [-0.25, -0.2) is 0 Å². The molecule has 0 aromatic heterocycles. The lowest BCUT2D eigenvalue weighted by atomic mass is 10.1. The minimum Gasteiger partial charge on any atom is -0.336 e. The molecule has 1 amide bonds. The smallest absolute Gasteiger partial charge is 0.255 e. The van der Waals surface area contributed by atoms with Crippen LogP contribution in [0.25, 0.3) is 0 Å². The zero-order chi connectivity index (χ0) is 22.1. The van der Waals surface area contributed by atoms with E-state index in [0.29, 0.717) is 11.5 Å².